The van der Waals surface area contributed by atoms with Crippen LogP contribution in [0.4, 0.5) is 0 Å². The van der Waals surface area contributed by atoms with Gasteiger partial charge >= 0.3 is 0 Å². The van der Waals surface area contributed by atoms with Gasteiger partial charge in [0.1, 0.15) is 6.07 Å². The van der Waals surface area contributed by atoms with Crippen LogP contribution >= 0.6 is 0 Å². The molecule has 3 fully saturated rings. The van der Waals surface area contributed by atoms with Crippen molar-refractivity contribution in [3.05, 3.63) is 23.3 Å². The summed E-state index contributed by atoms with van der Waals surface area (Å²) in [5, 5.41) is 12.9. The van der Waals surface area contributed by atoms with E-state index in [1.54, 1.807) is 0 Å². The first-order chi connectivity index (χ1) is 18.6. The Morgan fingerprint density at radius 3 is 2.40 bits per heavy atom. The van der Waals surface area contributed by atoms with E-state index in [1.165, 1.54) is 0 Å². The highest BCUT2D eigenvalue weighted by Crippen LogP contribution is 2.75. The van der Waals surface area contributed by atoms with Crippen LogP contribution in [0, 0.1) is 68.0 Å². The standard InChI is InChI=1S/C35H50N2O3/c1-9-37-27(39)12-15-35-14-10-21(2)22(3)28(35)29-24(38)18-26-32(6)19-23(20-36)30(40)31(4,5)25(32)11-13-33(26,7)34(29,8)16-17-35/h18-19,21-22,25,28-29H,9-17H2,1-8H3,(H,37,39)/t21-,22+,25+,28+,29-,32+,33-,34-,35+/m1/s1. The number of hydrogen-bond acceptors (Lipinski definition) is 4. The van der Waals surface area contributed by atoms with Gasteiger partial charge in [-0.1, -0.05) is 60.1 Å². The van der Waals surface area contributed by atoms with Gasteiger partial charge < -0.3 is 5.32 Å². The van der Waals surface area contributed by atoms with Gasteiger partial charge in [-0.3, -0.25) is 14.4 Å². The minimum absolute atomic E-state index is 0.0206. The van der Waals surface area contributed by atoms with Gasteiger partial charge in [0, 0.05) is 29.7 Å². The number of carbonyl (C=O) groups is 3. The van der Waals surface area contributed by atoms with Gasteiger partial charge in [0.2, 0.25) is 5.91 Å². The number of allylic oxidation sites excluding steroid dienone is 4. The van der Waals surface area contributed by atoms with Crippen LogP contribution in [-0.2, 0) is 14.4 Å². The summed E-state index contributed by atoms with van der Waals surface area (Å²) in [5.74, 6) is 1.52. The van der Waals surface area contributed by atoms with E-state index in [0.29, 0.717) is 24.8 Å². The number of Topliss-reactive ketones (excluding diaryl/α,β-unsaturated/α-hetero) is 1. The summed E-state index contributed by atoms with van der Waals surface area (Å²) in [5.41, 5.74) is -0.137. The fraction of sp³-hybridized carbons (Fsp3) is 0.771. The van der Waals surface area contributed by atoms with Crippen molar-refractivity contribution in [3.8, 4) is 6.07 Å². The van der Waals surface area contributed by atoms with Crippen LogP contribution in [0.15, 0.2) is 23.3 Å². The van der Waals surface area contributed by atoms with E-state index < -0.39 is 10.8 Å². The number of amides is 1. The fourth-order valence-corrected chi connectivity index (χ4v) is 11.1. The molecule has 5 aliphatic rings. The first-order valence-electron chi connectivity index (χ1n) is 15.8. The predicted molar refractivity (Wildman–Crippen MR) is 157 cm³/mol. The summed E-state index contributed by atoms with van der Waals surface area (Å²) in [6.07, 6.45) is 11.5. The van der Waals surface area contributed by atoms with Crippen LogP contribution in [0.3, 0.4) is 0 Å². The molecule has 0 radical (unpaired) electrons. The minimum atomic E-state index is -0.647. The maximum Gasteiger partial charge on any atom is 0.220 e. The molecule has 3 saturated carbocycles. The lowest BCUT2D eigenvalue weighted by atomic mass is 9.33. The fourth-order valence-electron chi connectivity index (χ4n) is 11.1. The second-order valence-corrected chi connectivity index (χ2v) is 15.5. The SMILES string of the molecule is CCNC(=O)CC[C@]12CC[C@@H](C)[C@H](C)[C@H]1[C@H]1C(=O)C=C3[C@@]4(C)C=C(C#N)C(=O)C(C)(C)[C@@H]4CC[C@@]3(C)[C@]1(C)CC2. The maximum absolute atomic E-state index is 14.6. The normalized spacial score (nSPS) is 45.5. The van der Waals surface area contributed by atoms with Crippen molar-refractivity contribution < 1.29 is 14.4 Å². The topological polar surface area (TPSA) is 87.0 Å². The summed E-state index contributed by atoms with van der Waals surface area (Å²) in [6.45, 7) is 18.3. The molecule has 9 atom stereocenters. The summed E-state index contributed by atoms with van der Waals surface area (Å²) in [4.78, 5) is 40.5. The molecule has 0 aromatic heterocycles. The smallest absolute Gasteiger partial charge is 0.220 e. The lowest BCUT2D eigenvalue weighted by Crippen LogP contribution is -2.65. The Labute approximate surface area is 241 Å². The second-order valence-electron chi connectivity index (χ2n) is 15.5. The van der Waals surface area contributed by atoms with Gasteiger partial charge in [0.15, 0.2) is 11.6 Å². The number of fused-ring (bicyclic) bond motifs is 7. The van der Waals surface area contributed by atoms with Crippen LogP contribution in [0.1, 0.15) is 107 Å². The summed E-state index contributed by atoms with van der Waals surface area (Å²) in [6, 6.07) is 2.20. The molecule has 0 aromatic carbocycles. The first-order valence-corrected chi connectivity index (χ1v) is 15.8. The molecule has 1 amide bonds. The highest BCUT2D eigenvalue weighted by atomic mass is 16.1. The van der Waals surface area contributed by atoms with E-state index in [2.05, 4.69) is 46.0 Å². The summed E-state index contributed by atoms with van der Waals surface area (Å²) < 4.78 is 0. The van der Waals surface area contributed by atoms with E-state index in [4.69, 9.17) is 0 Å². The number of hydrogen-bond donors (Lipinski definition) is 1. The molecular weight excluding hydrogens is 496 g/mol. The van der Waals surface area contributed by atoms with Crippen LogP contribution in [0.5, 0.6) is 0 Å². The Bertz CT molecular complexity index is 1240. The van der Waals surface area contributed by atoms with Crippen LogP contribution < -0.4 is 5.32 Å². The second kappa shape index (κ2) is 9.40. The number of nitrogens with one attached hydrogen (secondary N) is 1. The Kier molecular flexibility index (Phi) is 6.88. The molecule has 5 rings (SSSR count). The van der Waals surface area contributed by atoms with Gasteiger partial charge in [0.05, 0.1) is 5.57 Å². The van der Waals surface area contributed by atoms with Gasteiger partial charge in [-0.25, -0.2) is 0 Å². The van der Waals surface area contributed by atoms with Gasteiger partial charge in [-0.15, -0.1) is 0 Å². The zero-order valence-electron chi connectivity index (χ0n) is 26.1. The maximum atomic E-state index is 14.6. The van der Waals surface area contributed by atoms with Crippen molar-refractivity contribution in [2.24, 2.45) is 56.7 Å². The lowest BCUT2D eigenvalue weighted by molar-refractivity contribution is -0.178. The summed E-state index contributed by atoms with van der Waals surface area (Å²) >= 11 is 0. The molecule has 5 aliphatic carbocycles. The van der Waals surface area contributed by atoms with E-state index in [0.717, 1.165) is 50.5 Å². The molecule has 5 nitrogen and oxygen atoms in total. The number of nitrogens with zero attached hydrogens (tertiary/aromatic N) is 1. The van der Waals surface area contributed by atoms with Crippen molar-refractivity contribution in [1.29, 1.82) is 5.26 Å². The molecule has 5 heteroatoms. The van der Waals surface area contributed by atoms with E-state index in [9.17, 15) is 19.6 Å². The molecule has 40 heavy (non-hydrogen) atoms. The zero-order chi connectivity index (χ0) is 29.5. The first kappa shape index (κ1) is 29.3. The highest BCUT2D eigenvalue weighted by molar-refractivity contribution is 6.04. The van der Waals surface area contributed by atoms with Crippen LogP contribution in [-0.4, -0.2) is 24.0 Å². The average molecular weight is 547 g/mol. The highest BCUT2D eigenvalue weighted by Gasteiger charge is 2.70. The Hall–Kier alpha value is -2.22. The number of nitriles is 1. The van der Waals surface area contributed by atoms with E-state index >= 15 is 0 Å². The Balaban J connectivity index is 1.63. The lowest BCUT2D eigenvalue weighted by Gasteiger charge is -2.69. The number of carbonyl (C=O) groups excluding carboxylic acids is 3. The molecule has 0 spiro atoms. The third-order valence-corrected chi connectivity index (χ3v) is 13.6. The zero-order valence-corrected chi connectivity index (χ0v) is 26.1. The molecule has 0 unspecified atom stereocenters. The molecule has 0 aromatic rings. The molecular formula is C35H50N2O3. The van der Waals surface area contributed by atoms with Gasteiger partial charge in [0.25, 0.3) is 0 Å². The predicted octanol–water partition coefficient (Wildman–Crippen LogP) is 6.98. The molecule has 1 N–H and O–H groups in total. The average Bonchev–Trinajstić information content (AvgIpc) is 2.89. The van der Waals surface area contributed by atoms with Crippen molar-refractivity contribution in [3.63, 3.8) is 0 Å². The molecule has 0 aliphatic heterocycles. The Morgan fingerprint density at radius 2 is 1.75 bits per heavy atom. The van der Waals surface area contributed by atoms with Crippen molar-refractivity contribution >= 4 is 17.5 Å². The van der Waals surface area contributed by atoms with Crippen molar-refractivity contribution in [2.75, 3.05) is 6.54 Å². The van der Waals surface area contributed by atoms with Gasteiger partial charge in [-0.2, -0.15) is 5.26 Å². The molecule has 0 heterocycles. The van der Waals surface area contributed by atoms with E-state index in [1.807, 2.05) is 32.9 Å². The van der Waals surface area contributed by atoms with Crippen molar-refractivity contribution in [2.45, 2.75) is 107 Å². The van der Waals surface area contributed by atoms with Crippen molar-refractivity contribution in [1.82, 2.24) is 5.32 Å². The molecule has 0 bridgehead atoms. The third-order valence-electron chi connectivity index (χ3n) is 13.6. The minimum Gasteiger partial charge on any atom is -0.356 e. The van der Waals surface area contributed by atoms with Crippen LogP contribution in [0.25, 0.3) is 0 Å². The van der Waals surface area contributed by atoms with Crippen LogP contribution in [0.2, 0.25) is 0 Å². The molecule has 0 saturated heterocycles. The summed E-state index contributed by atoms with van der Waals surface area (Å²) in [7, 11) is 0. The number of ketones is 2. The molecule has 218 valence electrons. The quantitative estimate of drug-likeness (QED) is 0.412. The van der Waals surface area contributed by atoms with E-state index in [-0.39, 0.29) is 57.0 Å². The third kappa shape index (κ3) is 3.73. The number of rotatable bonds is 4. The van der Waals surface area contributed by atoms with Gasteiger partial charge in [-0.05, 0) is 97.9 Å². The largest absolute Gasteiger partial charge is 0.356 e. The Morgan fingerprint density at radius 1 is 1.05 bits per heavy atom. The monoisotopic (exact) mass is 546 g/mol.